The molecule has 0 radical (unpaired) electrons. The van der Waals surface area contributed by atoms with Crippen molar-refractivity contribution in [3.63, 3.8) is 0 Å². The highest BCUT2D eigenvalue weighted by Crippen LogP contribution is 2.45. The monoisotopic (exact) mass is 535 g/mol. The molecule has 4 atom stereocenters. The zero-order chi connectivity index (χ0) is 27.7. The van der Waals surface area contributed by atoms with Crippen LogP contribution < -0.4 is 14.2 Å². The number of benzene rings is 2. The maximum absolute atomic E-state index is 11.2. The van der Waals surface area contributed by atoms with E-state index in [-0.39, 0.29) is 56.8 Å². The van der Waals surface area contributed by atoms with Gasteiger partial charge in [-0.15, -0.1) is 0 Å². The van der Waals surface area contributed by atoms with Gasteiger partial charge >= 0.3 is 23.3 Å². The number of phenolic OH excluding ortho intramolecular Hbond substituents is 3. The standard InChI is InChI=1S/C24H22O14/c1-33-14-3-9(4-15(34-2)18(14)27)21-16(7-11-12(26)5-10(25)6-13(11)36-21)37-24-20(29)19(28)17(38-24)8-35-23(32)22(30)31/h3-7,17,19-20,24,28-29H,8H2,1-2H3,(H3-,25,26,27,30,31)/p+1/t17-,19-,20+,24-/m1/s1. The number of fused-ring (bicyclic) bond motifs is 1. The summed E-state index contributed by atoms with van der Waals surface area (Å²) in [7, 11) is 2.62. The van der Waals surface area contributed by atoms with E-state index in [1.165, 1.54) is 38.5 Å². The second-order valence-corrected chi connectivity index (χ2v) is 8.09. The number of phenols is 3. The number of carboxylic acid groups (broad SMARTS) is 1. The maximum atomic E-state index is 11.2. The second kappa shape index (κ2) is 10.5. The summed E-state index contributed by atoms with van der Waals surface area (Å²) in [6.07, 6.45) is -6.20. The van der Waals surface area contributed by atoms with Crippen LogP contribution >= 0.6 is 0 Å². The van der Waals surface area contributed by atoms with Gasteiger partial charge in [0.1, 0.15) is 41.8 Å². The Hall–Kier alpha value is -4.53. The zero-order valence-corrected chi connectivity index (χ0v) is 19.9. The highest BCUT2D eigenvalue weighted by atomic mass is 16.7. The molecule has 2 aromatic carbocycles. The van der Waals surface area contributed by atoms with Crippen molar-refractivity contribution >= 4 is 22.9 Å². The lowest BCUT2D eigenvalue weighted by molar-refractivity contribution is -0.169. The average molecular weight is 535 g/mol. The molecule has 1 fully saturated rings. The van der Waals surface area contributed by atoms with Crippen LogP contribution in [0.25, 0.3) is 22.3 Å². The smallest absolute Gasteiger partial charge is 0.417 e. The predicted octanol–water partition coefficient (Wildman–Crippen LogP) is 0.968. The Labute approximate surface area is 213 Å². The first-order valence-corrected chi connectivity index (χ1v) is 10.9. The van der Waals surface area contributed by atoms with E-state index >= 15 is 0 Å². The SMILES string of the molecule is COc1cc(-c2[o+]c3cc(O)cc(O)c3cc2O[C@@H]2O[C@H](COC(=O)C(=O)O)[C@@H](O)[C@@H]2O)cc(OC)c1O. The lowest BCUT2D eigenvalue weighted by Crippen LogP contribution is -2.36. The number of carbonyl (C=O) groups excluding carboxylic acids is 1. The number of aliphatic hydroxyl groups excluding tert-OH is 2. The Morgan fingerprint density at radius 1 is 0.947 bits per heavy atom. The molecule has 0 bridgehead atoms. The lowest BCUT2D eigenvalue weighted by Gasteiger charge is -2.17. The number of carbonyl (C=O) groups is 2. The third kappa shape index (κ3) is 5.00. The Morgan fingerprint density at radius 2 is 1.61 bits per heavy atom. The Bertz CT molecular complexity index is 1360. The van der Waals surface area contributed by atoms with Gasteiger partial charge in [-0.1, -0.05) is 0 Å². The number of hydrogen-bond acceptors (Lipinski definition) is 12. The van der Waals surface area contributed by atoms with Crippen molar-refractivity contribution in [3.8, 4) is 45.8 Å². The number of aliphatic hydroxyl groups is 2. The minimum Gasteiger partial charge on any atom is -0.507 e. The van der Waals surface area contributed by atoms with Crippen molar-refractivity contribution in [2.45, 2.75) is 24.6 Å². The first kappa shape index (κ1) is 26.5. The molecule has 0 spiro atoms. The van der Waals surface area contributed by atoms with Gasteiger partial charge in [0.05, 0.1) is 25.8 Å². The predicted molar refractivity (Wildman–Crippen MR) is 124 cm³/mol. The number of carboxylic acids is 1. The molecule has 1 aromatic heterocycles. The highest BCUT2D eigenvalue weighted by molar-refractivity contribution is 6.28. The molecular weight excluding hydrogens is 512 g/mol. The van der Waals surface area contributed by atoms with Crippen LogP contribution in [0.5, 0.6) is 34.5 Å². The molecule has 14 heteroatoms. The van der Waals surface area contributed by atoms with Crippen molar-refractivity contribution in [2.75, 3.05) is 20.8 Å². The van der Waals surface area contributed by atoms with Crippen LogP contribution in [0.1, 0.15) is 0 Å². The van der Waals surface area contributed by atoms with Gasteiger partial charge in [-0.25, -0.2) is 14.0 Å². The van der Waals surface area contributed by atoms with Crippen molar-refractivity contribution < 1.29 is 68.3 Å². The van der Waals surface area contributed by atoms with E-state index in [0.29, 0.717) is 0 Å². The van der Waals surface area contributed by atoms with Crippen molar-refractivity contribution in [3.05, 3.63) is 30.3 Å². The molecule has 6 N–H and O–H groups in total. The molecule has 4 rings (SSSR count). The molecule has 202 valence electrons. The van der Waals surface area contributed by atoms with Crippen LogP contribution in [-0.2, 0) is 19.1 Å². The van der Waals surface area contributed by atoms with Gasteiger partial charge in [0.15, 0.2) is 11.5 Å². The number of ether oxygens (including phenoxy) is 5. The summed E-state index contributed by atoms with van der Waals surface area (Å²) >= 11 is 0. The molecule has 0 aliphatic carbocycles. The largest absolute Gasteiger partial charge is 0.507 e. The number of aromatic hydroxyl groups is 3. The van der Waals surface area contributed by atoms with E-state index in [1.807, 2.05) is 0 Å². The number of esters is 1. The van der Waals surface area contributed by atoms with Crippen LogP contribution in [-0.4, -0.2) is 88.0 Å². The summed E-state index contributed by atoms with van der Waals surface area (Å²) < 4.78 is 32.1. The van der Waals surface area contributed by atoms with Crippen LogP contribution in [0.4, 0.5) is 0 Å². The van der Waals surface area contributed by atoms with Crippen molar-refractivity contribution in [1.29, 1.82) is 0 Å². The topological polar surface area (TPSA) is 213 Å². The zero-order valence-electron chi connectivity index (χ0n) is 19.9. The first-order valence-electron chi connectivity index (χ1n) is 10.9. The number of rotatable bonds is 7. The van der Waals surface area contributed by atoms with Gasteiger partial charge in [-0.05, 0) is 0 Å². The van der Waals surface area contributed by atoms with Crippen molar-refractivity contribution in [2.24, 2.45) is 0 Å². The second-order valence-electron chi connectivity index (χ2n) is 8.09. The lowest BCUT2D eigenvalue weighted by atomic mass is 10.1. The van der Waals surface area contributed by atoms with Gasteiger partial charge in [0.2, 0.25) is 17.8 Å². The first-order chi connectivity index (χ1) is 18.0. The van der Waals surface area contributed by atoms with Crippen LogP contribution in [0.3, 0.4) is 0 Å². The molecule has 0 unspecified atom stereocenters. The van der Waals surface area contributed by atoms with E-state index in [2.05, 4.69) is 4.74 Å². The Balaban J connectivity index is 1.76. The van der Waals surface area contributed by atoms with Crippen LogP contribution in [0.15, 0.2) is 34.7 Å². The van der Waals surface area contributed by atoms with Crippen LogP contribution in [0, 0.1) is 0 Å². The fourth-order valence-corrected chi connectivity index (χ4v) is 3.79. The summed E-state index contributed by atoms with van der Waals surface area (Å²) in [5, 5.41) is 60.1. The number of methoxy groups -OCH3 is 2. The van der Waals surface area contributed by atoms with E-state index in [4.69, 9.17) is 28.5 Å². The minimum atomic E-state index is -1.85. The van der Waals surface area contributed by atoms with Gasteiger partial charge in [-0.3, -0.25) is 0 Å². The quantitative estimate of drug-likeness (QED) is 0.141. The molecule has 1 aliphatic heterocycles. The average Bonchev–Trinajstić information content (AvgIpc) is 3.15. The molecule has 14 nitrogen and oxygen atoms in total. The van der Waals surface area contributed by atoms with Gasteiger partial charge in [0, 0.05) is 24.3 Å². The van der Waals surface area contributed by atoms with Gasteiger partial charge in [-0.2, -0.15) is 0 Å². The molecular formula is C24H23O14+. The normalized spacial score (nSPS) is 20.7. The fourth-order valence-electron chi connectivity index (χ4n) is 3.79. The molecule has 0 saturated carbocycles. The van der Waals surface area contributed by atoms with E-state index in [1.54, 1.807) is 0 Å². The number of hydrogen-bond donors (Lipinski definition) is 6. The molecule has 3 aromatic rings. The summed E-state index contributed by atoms with van der Waals surface area (Å²) in [6, 6.07) is 6.37. The third-order valence-electron chi connectivity index (χ3n) is 5.67. The molecule has 2 heterocycles. The summed E-state index contributed by atoms with van der Waals surface area (Å²) in [5.41, 5.74) is 0.262. The highest BCUT2D eigenvalue weighted by Gasteiger charge is 2.46. The fraction of sp³-hybridized carbons (Fsp3) is 0.292. The Morgan fingerprint density at radius 3 is 2.21 bits per heavy atom. The van der Waals surface area contributed by atoms with Crippen LogP contribution in [0.2, 0.25) is 0 Å². The summed E-state index contributed by atoms with van der Waals surface area (Å²) in [6.45, 7) is -0.690. The molecule has 1 saturated heterocycles. The van der Waals surface area contributed by atoms with Gasteiger partial charge in [0.25, 0.3) is 0 Å². The molecule has 1 aliphatic rings. The summed E-state index contributed by atoms with van der Waals surface area (Å²) in [4.78, 5) is 21.9. The molecule has 0 amide bonds. The maximum Gasteiger partial charge on any atom is 0.417 e. The van der Waals surface area contributed by atoms with Gasteiger partial charge < -0.3 is 54.3 Å². The minimum absolute atomic E-state index is 0.00670. The third-order valence-corrected chi connectivity index (χ3v) is 5.67. The van der Waals surface area contributed by atoms with Crippen molar-refractivity contribution in [1.82, 2.24) is 0 Å². The van der Waals surface area contributed by atoms with E-state index in [0.717, 1.165) is 6.07 Å². The van der Waals surface area contributed by atoms with E-state index in [9.17, 15) is 35.1 Å². The molecule has 38 heavy (non-hydrogen) atoms. The number of aliphatic carboxylic acids is 1. The Kier molecular flexibility index (Phi) is 7.30. The van der Waals surface area contributed by atoms with E-state index < -0.39 is 43.1 Å². The summed E-state index contributed by atoms with van der Waals surface area (Å²) in [5.74, 6) is -4.56.